The van der Waals surface area contributed by atoms with E-state index in [2.05, 4.69) is 26.8 Å². The highest BCUT2D eigenvalue weighted by atomic mass is 16.5. The molecule has 0 aromatic heterocycles. The highest BCUT2D eigenvalue weighted by Gasteiger charge is 2.30. The van der Waals surface area contributed by atoms with Gasteiger partial charge in [-0.1, -0.05) is 32.1 Å². The van der Waals surface area contributed by atoms with Crippen LogP contribution in [0.25, 0.3) is 0 Å². The molecular weight excluding hydrogens is 210 g/mol. The van der Waals surface area contributed by atoms with Crippen LogP contribution in [0.4, 0.5) is 0 Å². The van der Waals surface area contributed by atoms with E-state index in [-0.39, 0.29) is 11.0 Å². The van der Waals surface area contributed by atoms with Crippen LogP contribution >= 0.6 is 0 Å². The number of rotatable bonds is 3. The minimum atomic E-state index is -0.105. The molecule has 0 radical (unpaired) electrons. The molecule has 0 unspecified atom stereocenters. The second-order valence-corrected chi connectivity index (χ2v) is 6.37. The van der Waals surface area contributed by atoms with Crippen LogP contribution < -0.4 is 0 Å². The third-order valence-corrected chi connectivity index (χ3v) is 3.66. The summed E-state index contributed by atoms with van der Waals surface area (Å²) in [5, 5.41) is 9.48. The molecule has 0 aromatic carbocycles. The lowest BCUT2D eigenvalue weighted by Gasteiger charge is -2.30. The maximum Gasteiger partial charge on any atom is 0.0690 e. The van der Waals surface area contributed by atoms with E-state index in [0.717, 1.165) is 25.9 Å². The van der Waals surface area contributed by atoms with Gasteiger partial charge < -0.3 is 4.74 Å². The predicted octanol–water partition coefficient (Wildman–Crippen LogP) is 4.45. The summed E-state index contributed by atoms with van der Waals surface area (Å²) in [6, 6.07) is 2.59. The lowest BCUT2D eigenvalue weighted by molar-refractivity contribution is -0.0158. The Morgan fingerprint density at radius 3 is 2.06 bits per heavy atom. The molecule has 0 bridgehead atoms. The fraction of sp³-hybridized carbons (Fsp3) is 0.933. The molecule has 2 heteroatoms. The van der Waals surface area contributed by atoms with Crippen molar-refractivity contribution in [3.05, 3.63) is 0 Å². The van der Waals surface area contributed by atoms with E-state index in [1.165, 1.54) is 32.1 Å². The van der Waals surface area contributed by atoms with Gasteiger partial charge in [-0.25, -0.2) is 0 Å². The first-order valence-corrected chi connectivity index (χ1v) is 7.03. The van der Waals surface area contributed by atoms with Gasteiger partial charge in [-0.05, 0) is 40.0 Å². The molecule has 1 aliphatic carbocycles. The number of hydrogen-bond donors (Lipinski definition) is 0. The van der Waals surface area contributed by atoms with Crippen LogP contribution in [-0.4, -0.2) is 12.2 Å². The van der Waals surface area contributed by atoms with Crippen molar-refractivity contribution < 1.29 is 4.74 Å². The molecule has 2 nitrogen and oxygen atoms in total. The minimum Gasteiger partial charge on any atom is -0.376 e. The molecule has 0 amide bonds. The average Bonchev–Trinajstić information content (AvgIpc) is 2.20. The van der Waals surface area contributed by atoms with Gasteiger partial charge in [0.1, 0.15) is 0 Å². The maximum absolute atomic E-state index is 9.48. The van der Waals surface area contributed by atoms with Crippen molar-refractivity contribution in [1.82, 2.24) is 0 Å². The topological polar surface area (TPSA) is 33.0 Å². The van der Waals surface area contributed by atoms with Gasteiger partial charge in [-0.2, -0.15) is 5.26 Å². The van der Waals surface area contributed by atoms with Crippen LogP contribution in [0.3, 0.4) is 0 Å². The highest BCUT2D eigenvalue weighted by Crippen LogP contribution is 2.36. The molecule has 98 valence electrons. The second kappa shape index (κ2) is 6.40. The molecule has 0 spiro atoms. The zero-order chi connectivity index (χ0) is 12.8. The van der Waals surface area contributed by atoms with E-state index in [0.29, 0.717) is 0 Å². The molecule has 1 aliphatic rings. The summed E-state index contributed by atoms with van der Waals surface area (Å²) in [4.78, 5) is 0. The summed E-state index contributed by atoms with van der Waals surface area (Å²) in [7, 11) is 0. The molecule has 0 atom stereocenters. The number of hydrogen-bond acceptors (Lipinski definition) is 2. The van der Waals surface area contributed by atoms with E-state index in [1.807, 2.05) is 0 Å². The van der Waals surface area contributed by atoms with Crippen LogP contribution in [0.2, 0.25) is 0 Å². The van der Waals surface area contributed by atoms with Crippen molar-refractivity contribution in [2.45, 2.75) is 77.7 Å². The molecule has 0 N–H and O–H groups in total. The monoisotopic (exact) mass is 237 g/mol. The van der Waals surface area contributed by atoms with Crippen molar-refractivity contribution in [1.29, 1.82) is 5.26 Å². The van der Waals surface area contributed by atoms with Gasteiger partial charge in [0.05, 0.1) is 17.1 Å². The first kappa shape index (κ1) is 14.5. The summed E-state index contributed by atoms with van der Waals surface area (Å²) >= 11 is 0. The molecule has 17 heavy (non-hydrogen) atoms. The highest BCUT2D eigenvalue weighted by molar-refractivity contribution is 4.99. The molecule has 0 aromatic rings. The van der Waals surface area contributed by atoms with Crippen LogP contribution in [0, 0.1) is 16.7 Å². The van der Waals surface area contributed by atoms with Gasteiger partial charge in [0.25, 0.3) is 0 Å². The van der Waals surface area contributed by atoms with Crippen molar-refractivity contribution in [2.24, 2.45) is 5.41 Å². The van der Waals surface area contributed by atoms with Gasteiger partial charge in [-0.15, -0.1) is 0 Å². The summed E-state index contributed by atoms with van der Waals surface area (Å²) < 4.78 is 5.78. The summed E-state index contributed by atoms with van der Waals surface area (Å²) in [6.07, 6.45) is 9.40. The first-order valence-electron chi connectivity index (χ1n) is 7.03. The van der Waals surface area contributed by atoms with Crippen molar-refractivity contribution in [3.63, 3.8) is 0 Å². The zero-order valence-electron chi connectivity index (χ0n) is 11.7. The van der Waals surface area contributed by atoms with Crippen molar-refractivity contribution in [2.75, 3.05) is 6.61 Å². The Kier molecular flexibility index (Phi) is 5.46. The Hall–Kier alpha value is -0.550. The van der Waals surface area contributed by atoms with Gasteiger partial charge in [0.2, 0.25) is 0 Å². The van der Waals surface area contributed by atoms with Crippen LogP contribution in [0.1, 0.15) is 72.1 Å². The Morgan fingerprint density at radius 2 is 1.59 bits per heavy atom. The molecule has 0 heterocycles. The van der Waals surface area contributed by atoms with Crippen LogP contribution in [-0.2, 0) is 4.74 Å². The third kappa shape index (κ3) is 5.55. The fourth-order valence-electron chi connectivity index (χ4n) is 2.55. The zero-order valence-corrected chi connectivity index (χ0v) is 11.7. The SMILES string of the molecule is CC(C)(C)OCCC1(C#N)CCCCCCC1. The first-order chi connectivity index (χ1) is 7.97. The largest absolute Gasteiger partial charge is 0.376 e. The van der Waals surface area contributed by atoms with E-state index >= 15 is 0 Å². The second-order valence-electron chi connectivity index (χ2n) is 6.37. The Labute approximate surface area is 106 Å². The number of ether oxygens (including phenoxy) is 1. The van der Waals surface area contributed by atoms with Crippen LogP contribution in [0.15, 0.2) is 0 Å². The van der Waals surface area contributed by atoms with Crippen molar-refractivity contribution in [3.8, 4) is 6.07 Å². The average molecular weight is 237 g/mol. The molecule has 0 aliphatic heterocycles. The predicted molar refractivity (Wildman–Crippen MR) is 70.7 cm³/mol. The van der Waals surface area contributed by atoms with E-state index in [1.54, 1.807) is 0 Å². The smallest absolute Gasteiger partial charge is 0.0690 e. The Bertz CT molecular complexity index is 251. The fourth-order valence-corrected chi connectivity index (χ4v) is 2.55. The summed E-state index contributed by atoms with van der Waals surface area (Å²) in [6.45, 7) is 6.94. The quantitative estimate of drug-likeness (QED) is 0.726. The minimum absolute atomic E-state index is 0.0851. The molecule has 0 saturated heterocycles. The Morgan fingerprint density at radius 1 is 1.06 bits per heavy atom. The van der Waals surface area contributed by atoms with E-state index in [9.17, 15) is 5.26 Å². The van der Waals surface area contributed by atoms with E-state index < -0.39 is 0 Å². The molecule has 1 fully saturated rings. The van der Waals surface area contributed by atoms with E-state index in [4.69, 9.17) is 4.74 Å². The lowest BCUT2D eigenvalue weighted by Crippen LogP contribution is -2.26. The third-order valence-electron chi connectivity index (χ3n) is 3.66. The number of nitriles is 1. The number of nitrogens with zero attached hydrogens (tertiary/aromatic N) is 1. The van der Waals surface area contributed by atoms with Gasteiger partial charge >= 0.3 is 0 Å². The van der Waals surface area contributed by atoms with Gasteiger partial charge in [-0.3, -0.25) is 0 Å². The Balaban J connectivity index is 2.46. The van der Waals surface area contributed by atoms with Crippen molar-refractivity contribution >= 4 is 0 Å². The summed E-state index contributed by atoms with van der Waals surface area (Å²) in [5.74, 6) is 0. The molecule has 1 rings (SSSR count). The molecular formula is C15H27NO. The summed E-state index contributed by atoms with van der Waals surface area (Å²) in [5.41, 5.74) is -0.191. The van der Waals surface area contributed by atoms with Crippen LogP contribution in [0.5, 0.6) is 0 Å². The maximum atomic E-state index is 9.48. The normalized spacial score (nSPS) is 21.3. The van der Waals surface area contributed by atoms with Gasteiger partial charge in [0, 0.05) is 6.61 Å². The molecule has 1 saturated carbocycles. The van der Waals surface area contributed by atoms with Gasteiger partial charge in [0.15, 0.2) is 0 Å². The lowest BCUT2D eigenvalue weighted by atomic mass is 9.75. The standard InChI is InChI=1S/C15H27NO/c1-14(2,3)17-12-11-15(13-16)9-7-5-4-6-8-10-15/h4-12H2,1-3H3.